The zero-order valence-electron chi connectivity index (χ0n) is 19.2. The van der Waals surface area contributed by atoms with Crippen LogP contribution in [0.2, 0.25) is 0 Å². The third kappa shape index (κ3) is 4.71. The number of methoxy groups -OCH3 is 2. The van der Waals surface area contributed by atoms with Gasteiger partial charge in [0.25, 0.3) is 0 Å². The zero-order chi connectivity index (χ0) is 21.9. The van der Waals surface area contributed by atoms with Gasteiger partial charge < -0.3 is 9.47 Å². The van der Waals surface area contributed by atoms with Crippen LogP contribution in [0, 0.1) is 0 Å². The fourth-order valence-electron chi connectivity index (χ4n) is 4.91. The maximum absolute atomic E-state index is 5.48. The van der Waals surface area contributed by atoms with Crippen molar-refractivity contribution in [2.75, 3.05) is 27.3 Å². The minimum absolute atomic E-state index is 0. The van der Waals surface area contributed by atoms with Gasteiger partial charge in [-0.2, -0.15) is 0 Å². The lowest BCUT2D eigenvalue weighted by atomic mass is 9.86. The molecule has 3 aromatic carbocycles. The lowest BCUT2D eigenvalue weighted by molar-refractivity contribution is 0.248. The highest BCUT2D eigenvalue weighted by Crippen LogP contribution is 2.39. The van der Waals surface area contributed by atoms with E-state index in [2.05, 4.69) is 77.7 Å². The number of piperidine rings is 1. The van der Waals surface area contributed by atoms with Crippen LogP contribution in [0.3, 0.4) is 0 Å². The Morgan fingerprint density at radius 1 is 0.727 bits per heavy atom. The van der Waals surface area contributed by atoms with E-state index in [4.69, 9.17) is 9.47 Å². The van der Waals surface area contributed by atoms with Crippen molar-refractivity contribution < 1.29 is 9.47 Å². The molecule has 0 amide bonds. The summed E-state index contributed by atoms with van der Waals surface area (Å²) in [4.78, 5) is 2.54. The van der Waals surface area contributed by atoms with Gasteiger partial charge in [0, 0.05) is 19.6 Å². The first-order valence-corrected chi connectivity index (χ1v) is 11.3. The smallest absolute Gasteiger partial charge is 0.161 e. The van der Waals surface area contributed by atoms with Gasteiger partial charge in [-0.25, -0.2) is 0 Å². The van der Waals surface area contributed by atoms with E-state index in [-0.39, 0.29) is 12.4 Å². The molecule has 3 nitrogen and oxygen atoms in total. The summed E-state index contributed by atoms with van der Waals surface area (Å²) in [6.45, 7) is 3.05. The largest absolute Gasteiger partial charge is 0.493 e. The number of rotatable bonds is 4. The predicted octanol–water partition coefficient (Wildman–Crippen LogP) is 6.71. The van der Waals surface area contributed by atoms with Gasteiger partial charge in [-0.1, -0.05) is 72.3 Å². The quantitative estimate of drug-likeness (QED) is 0.338. The molecule has 1 aliphatic heterocycles. The van der Waals surface area contributed by atoms with Crippen LogP contribution >= 0.6 is 12.4 Å². The summed E-state index contributed by atoms with van der Waals surface area (Å²) >= 11 is 0. The van der Waals surface area contributed by atoms with Crippen molar-refractivity contribution in [3.8, 4) is 11.5 Å². The number of halogens is 1. The second-order valence-electron chi connectivity index (χ2n) is 8.45. The van der Waals surface area contributed by atoms with Crippen molar-refractivity contribution >= 4 is 30.1 Å². The maximum Gasteiger partial charge on any atom is 0.161 e. The van der Waals surface area contributed by atoms with Crippen molar-refractivity contribution in [1.29, 1.82) is 0 Å². The van der Waals surface area contributed by atoms with E-state index in [1.54, 1.807) is 19.8 Å². The Labute approximate surface area is 202 Å². The molecule has 1 saturated heterocycles. The first kappa shape index (κ1) is 23.2. The highest BCUT2D eigenvalue weighted by molar-refractivity contribution is 5.94. The van der Waals surface area contributed by atoms with E-state index in [1.807, 2.05) is 6.07 Å². The molecule has 0 radical (unpaired) electrons. The molecule has 0 unspecified atom stereocenters. The van der Waals surface area contributed by atoms with E-state index in [9.17, 15) is 0 Å². The highest BCUT2D eigenvalue weighted by Gasteiger charge is 2.22. The van der Waals surface area contributed by atoms with Crippen molar-refractivity contribution in [2.45, 2.75) is 19.4 Å². The minimum Gasteiger partial charge on any atom is -0.493 e. The summed E-state index contributed by atoms with van der Waals surface area (Å²) in [5.74, 6) is 1.57. The molecule has 33 heavy (non-hydrogen) atoms. The van der Waals surface area contributed by atoms with Crippen LogP contribution in [0.15, 0.2) is 72.3 Å². The first-order valence-electron chi connectivity index (χ1n) is 11.3. The van der Waals surface area contributed by atoms with Gasteiger partial charge in [-0.15, -0.1) is 12.4 Å². The summed E-state index contributed by atoms with van der Waals surface area (Å²) in [5, 5.41) is 0. The molecule has 2 aliphatic rings. The van der Waals surface area contributed by atoms with Gasteiger partial charge in [-0.3, -0.25) is 4.90 Å². The average molecular weight is 460 g/mol. The molecule has 1 aliphatic carbocycles. The number of nitrogens with zero attached hydrogens (tertiary/aromatic N) is 1. The third-order valence-corrected chi connectivity index (χ3v) is 6.57. The molecule has 0 spiro atoms. The summed E-state index contributed by atoms with van der Waals surface area (Å²) < 4.78 is 10.9. The topological polar surface area (TPSA) is 21.7 Å². The fourth-order valence-corrected chi connectivity index (χ4v) is 4.91. The SMILES string of the molecule is COc1ccc(CN2CCC(=C3c4ccccc4C=Cc4ccccc43)CC2)cc1OC.Cl. The van der Waals surface area contributed by atoms with Crippen LogP contribution in [0.4, 0.5) is 0 Å². The summed E-state index contributed by atoms with van der Waals surface area (Å²) in [6.07, 6.45) is 6.69. The number of likely N-dealkylation sites (tertiary alicyclic amines) is 1. The number of fused-ring (bicyclic) bond motifs is 2. The Kier molecular flexibility index (Phi) is 7.22. The van der Waals surface area contributed by atoms with Crippen LogP contribution in [-0.2, 0) is 6.54 Å². The van der Waals surface area contributed by atoms with E-state index in [0.717, 1.165) is 44.0 Å². The first-order chi connectivity index (χ1) is 15.8. The summed E-state index contributed by atoms with van der Waals surface area (Å²) in [7, 11) is 3.37. The van der Waals surface area contributed by atoms with Crippen LogP contribution < -0.4 is 9.47 Å². The summed E-state index contributed by atoms with van der Waals surface area (Å²) in [6, 6.07) is 23.8. The van der Waals surface area contributed by atoms with E-state index < -0.39 is 0 Å². The second kappa shape index (κ2) is 10.3. The molecular formula is C29H30ClNO2. The Morgan fingerprint density at radius 3 is 1.88 bits per heavy atom. The normalized spacial score (nSPS) is 15.2. The molecule has 0 bridgehead atoms. The van der Waals surface area contributed by atoms with E-state index >= 15 is 0 Å². The Bertz CT molecular complexity index is 1140. The van der Waals surface area contributed by atoms with Gasteiger partial charge in [0.1, 0.15) is 0 Å². The number of benzene rings is 3. The number of hydrogen-bond acceptors (Lipinski definition) is 3. The molecule has 0 N–H and O–H groups in total. The number of ether oxygens (including phenoxy) is 2. The molecule has 0 atom stereocenters. The minimum atomic E-state index is 0. The standard InChI is InChI=1S/C29H29NO2.ClH/c1-31-27-14-11-21(19-28(27)32-2)20-30-17-15-24(16-18-30)29-25-9-5-3-7-22(25)12-13-23-8-4-6-10-26(23)29;/h3-14,19H,15-18,20H2,1-2H3;1H. The van der Waals surface area contributed by atoms with Gasteiger partial charge >= 0.3 is 0 Å². The fraction of sp³-hybridized carbons (Fsp3) is 0.241. The Balaban J connectivity index is 0.00000259. The molecule has 1 heterocycles. The number of hydrogen-bond donors (Lipinski definition) is 0. The van der Waals surface area contributed by atoms with Gasteiger partial charge in [-0.05, 0) is 58.4 Å². The Morgan fingerprint density at radius 2 is 1.30 bits per heavy atom. The van der Waals surface area contributed by atoms with Crippen molar-refractivity contribution in [2.24, 2.45) is 0 Å². The molecule has 3 aromatic rings. The molecule has 1 fully saturated rings. The van der Waals surface area contributed by atoms with E-state index in [0.29, 0.717) is 0 Å². The molecular weight excluding hydrogens is 430 g/mol. The van der Waals surface area contributed by atoms with Gasteiger partial charge in [0.05, 0.1) is 14.2 Å². The van der Waals surface area contributed by atoms with Crippen LogP contribution in [0.5, 0.6) is 11.5 Å². The molecule has 170 valence electrons. The lowest BCUT2D eigenvalue weighted by Gasteiger charge is -2.30. The van der Waals surface area contributed by atoms with Crippen LogP contribution in [0.25, 0.3) is 17.7 Å². The van der Waals surface area contributed by atoms with Crippen molar-refractivity contribution in [3.63, 3.8) is 0 Å². The molecule has 4 heteroatoms. The van der Waals surface area contributed by atoms with Crippen LogP contribution in [-0.4, -0.2) is 32.2 Å². The van der Waals surface area contributed by atoms with Crippen molar-refractivity contribution in [1.82, 2.24) is 4.90 Å². The monoisotopic (exact) mass is 459 g/mol. The van der Waals surface area contributed by atoms with Crippen molar-refractivity contribution in [3.05, 3.63) is 100 Å². The second-order valence-corrected chi connectivity index (χ2v) is 8.45. The molecule has 5 rings (SSSR count). The van der Waals surface area contributed by atoms with E-state index in [1.165, 1.54) is 33.4 Å². The van der Waals surface area contributed by atoms with Gasteiger partial charge in [0.2, 0.25) is 0 Å². The Hall–Kier alpha value is -3.01. The predicted molar refractivity (Wildman–Crippen MR) is 139 cm³/mol. The summed E-state index contributed by atoms with van der Waals surface area (Å²) in [5.41, 5.74) is 9.59. The maximum atomic E-state index is 5.48. The average Bonchev–Trinajstić information content (AvgIpc) is 3.01. The zero-order valence-corrected chi connectivity index (χ0v) is 20.0. The highest BCUT2D eigenvalue weighted by atomic mass is 35.5. The molecule has 0 aromatic heterocycles. The third-order valence-electron chi connectivity index (χ3n) is 6.57. The molecule has 0 saturated carbocycles. The van der Waals surface area contributed by atoms with Gasteiger partial charge in [0.15, 0.2) is 11.5 Å². The lowest BCUT2D eigenvalue weighted by Crippen LogP contribution is -2.30. The van der Waals surface area contributed by atoms with Crippen LogP contribution in [0.1, 0.15) is 40.7 Å².